The number of halogens is 1. The van der Waals surface area contributed by atoms with Gasteiger partial charge in [0, 0.05) is 17.7 Å². The first-order chi connectivity index (χ1) is 27.3. The van der Waals surface area contributed by atoms with Crippen molar-refractivity contribution in [1.82, 2.24) is 25.2 Å². The average Bonchev–Trinajstić information content (AvgIpc) is 4.03. The molecule has 1 aliphatic heterocycles. The molecule has 3 saturated carbocycles. The van der Waals surface area contributed by atoms with Gasteiger partial charge in [0.2, 0.25) is 27.7 Å². The number of rotatable bonds is 18. The largest absolute Gasteiger partial charge is 0.491 e. The molecule has 16 heteroatoms. The normalized spacial score (nSPS) is 24.6. The number of nitrogens with zero attached hydrogens (tertiary/aromatic N) is 2. The number of sulfonamides is 1. The highest BCUT2D eigenvalue weighted by Crippen LogP contribution is 2.46. The highest BCUT2D eigenvalue weighted by Gasteiger charge is 2.62. The number of carbonyl (C=O) groups excluding carboxylic acids is 4. The van der Waals surface area contributed by atoms with Gasteiger partial charge in [-0.25, -0.2) is 22.6 Å². The number of carbonyl (C=O) groups is 4. The summed E-state index contributed by atoms with van der Waals surface area (Å²) in [6.07, 6.45) is 6.87. The lowest BCUT2D eigenvalue weighted by molar-refractivity contribution is -0.142. The highest BCUT2D eigenvalue weighted by molar-refractivity contribution is 7.91. The molecule has 0 unspecified atom stereocenters. The Morgan fingerprint density at radius 2 is 1.84 bits per heavy atom. The molecule has 3 aliphatic carbocycles. The number of hydrogen-bond acceptors (Lipinski definition) is 10. The van der Waals surface area contributed by atoms with Crippen LogP contribution in [0.1, 0.15) is 99.3 Å². The van der Waals surface area contributed by atoms with E-state index in [0.29, 0.717) is 48.3 Å². The molecule has 0 radical (unpaired) electrons. The van der Waals surface area contributed by atoms with Crippen molar-refractivity contribution in [2.45, 2.75) is 134 Å². The molecule has 1 saturated heterocycles. The molecule has 6 rings (SSSR count). The zero-order valence-corrected chi connectivity index (χ0v) is 35.2. The first kappa shape index (κ1) is 43.1. The maximum Gasteiger partial charge on any atom is 0.408 e. The number of likely N-dealkylation sites (tertiary alicyclic amines) is 1. The Hall–Kier alpha value is -4.47. The van der Waals surface area contributed by atoms with Gasteiger partial charge in [0.1, 0.15) is 40.9 Å². The molecule has 318 valence electrons. The number of aromatic nitrogens is 1. The molecule has 58 heavy (non-hydrogen) atoms. The van der Waals surface area contributed by atoms with Gasteiger partial charge in [-0.1, -0.05) is 39.7 Å². The predicted molar refractivity (Wildman–Crippen MR) is 215 cm³/mol. The predicted octanol–water partition coefficient (Wildman–Crippen LogP) is 5.54. The number of pyridine rings is 1. The van der Waals surface area contributed by atoms with Crippen LogP contribution >= 0.6 is 0 Å². The molecule has 4 aliphatic rings. The first-order valence-electron chi connectivity index (χ1n) is 20.5. The van der Waals surface area contributed by atoms with E-state index in [-0.39, 0.29) is 37.1 Å². The SMILES string of the molecule is C=C[C@@H]1C[C@]1(NC(=O)[C@@H]1C[C@@H](Oc2ncc(OCC3CC3)c3ccc(F)cc23)CN1C(=O)[C@@H](NC(=O)OC(C)(C)C)[C@H](C)C[C@H](C)CCC)C(=O)NS(=O)(=O)C1CC1. The highest BCUT2D eigenvalue weighted by atomic mass is 32.2. The Morgan fingerprint density at radius 1 is 1.12 bits per heavy atom. The molecule has 3 N–H and O–H groups in total. The summed E-state index contributed by atoms with van der Waals surface area (Å²) in [5, 5.41) is 5.84. The van der Waals surface area contributed by atoms with Gasteiger partial charge in [-0.15, -0.1) is 6.58 Å². The number of benzene rings is 1. The van der Waals surface area contributed by atoms with Crippen molar-refractivity contribution in [2.75, 3.05) is 13.2 Å². The lowest BCUT2D eigenvalue weighted by atomic mass is 9.88. The van der Waals surface area contributed by atoms with Crippen molar-refractivity contribution in [2.24, 2.45) is 23.7 Å². The Morgan fingerprint density at radius 3 is 2.47 bits per heavy atom. The minimum absolute atomic E-state index is 0.0629. The van der Waals surface area contributed by atoms with Crippen molar-refractivity contribution >= 4 is 44.6 Å². The molecule has 1 aromatic heterocycles. The fraction of sp³-hybridized carbons (Fsp3) is 0.643. The number of nitrogens with one attached hydrogen (secondary N) is 3. The summed E-state index contributed by atoms with van der Waals surface area (Å²) in [6.45, 7) is 15.3. The van der Waals surface area contributed by atoms with E-state index in [4.69, 9.17) is 14.2 Å². The summed E-state index contributed by atoms with van der Waals surface area (Å²) < 4.78 is 60.5. The third-order valence-corrected chi connectivity index (χ3v) is 13.2. The molecular formula is C42H58FN5O9S. The Labute approximate surface area is 340 Å². The van der Waals surface area contributed by atoms with E-state index < -0.39 is 80.2 Å². The van der Waals surface area contributed by atoms with Gasteiger partial charge in [0.25, 0.3) is 5.91 Å². The zero-order valence-electron chi connectivity index (χ0n) is 34.3. The van der Waals surface area contributed by atoms with E-state index >= 15 is 0 Å². The van der Waals surface area contributed by atoms with Gasteiger partial charge >= 0.3 is 6.09 Å². The Kier molecular flexibility index (Phi) is 12.7. The maximum absolute atomic E-state index is 14.8. The van der Waals surface area contributed by atoms with E-state index in [1.165, 1.54) is 29.3 Å². The molecule has 2 aromatic rings. The third-order valence-electron chi connectivity index (χ3n) is 11.4. The van der Waals surface area contributed by atoms with Crippen molar-refractivity contribution in [1.29, 1.82) is 0 Å². The van der Waals surface area contributed by atoms with Crippen molar-refractivity contribution in [3.8, 4) is 11.6 Å². The van der Waals surface area contributed by atoms with Gasteiger partial charge in [-0.2, -0.15) is 0 Å². The van der Waals surface area contributed by atoms with E-state index in [2.05, 4.69) is 40.8 Å². The second kappa shape index (κ2) is 17.0. The second-order valence-electron chi connectivity index (χ2n) is 17.8. The Balaban J connectivity index is 1.31. The molecule has 4 fully saturated rings. The number of ether oxygens (including phenoxy) is 3. The van der Waals surface area contributed by atoms with Crippen LogP contribution in [0, 0.1) is 29.5 Å². The first-order valence-corrected chi connectivity index (χ1v) is 22.1. The maximum atomic E-state index is 14.8. The minimum atomic E-state index is -3.94. The fourth-order valence-electron chi connectivity index (χ4n) is 7.86. The van der Waals surface area contributed by atoms with Crippen LogP contribution in [0.3, 0.4) is 0 Å². The summed E-state index contributed by atoms with van der Waals surface area (Å²) in [6, 6.07) is 1.88. The number of alkyl carbamates (subject to hydrolysis) is 1. The van der Waals surface area contributed by atoms with Crippen LogP contribution in [0.25, 0.3) is 10.8 Å². The number of amides is 4. The van der Waals surface area contributed by atoms with Crippen LogP contribution in [-0.2, 0) is 29.1 Å². The smallest absolute Gasteiger partial charge is 0.408 e. The van der Waals surface area contributed by atoms with Crippen molar-refractivity contribution in [3.63, 3.8) is 0 Å². The molecule has 4 amide bonds. The quantitative estimate of drug-likeness (QED) is 0.162. The van der Waals surface area contributed by atoms with Crippen LogP contribution in [0.4, 0.5) is 9.18 Å². The number of fused-ring (bicyclic) bond motifs is 1. The van der Waals surface area contributed by atoms with E-state index in [1.54, 1.807) is 26.8 Å². The topological polar surface area (TPSA) is 182 Å². The van der Waals surface area contributed by atoms with Gasteiger partial charge in [-0.3, -0.25) is 19.1 Å². The monoisotopic (exact) mass is 827 g/mol. The van der Waals surface area contributed by atoms with E-state index in [0.717, 1.165) is 25.7 Å². The van der Waals surface area contributed by atoms with Crippen molar-refractivity contribution < 1.29 is 46.2 Å². The van der Waals surface area contributed by atoms with Gasteiger partial charge in [0.15, 0.2) is 0 Å². The van der Waals surface area contributed by atoms with E-state index in [9.17, 15) is 32.0 Å². The van der Waals surface area contributed by atoms with Crippen LogP contribution in [0.5, 0.6) is 11.6 Å². The molecule has 14 nitrogen and oxygen atoms in total. The van der Waals surface area contributed by atoms with Crippen LogP contribution < -0.4 is 24.8 Å². The molecule has 0 spiro atoms. The van der Waals surface area contributed by atoms with Crippen LogP contribution in [0.15, 0.2) is 37.1 Å². The summed E-state index contributed by atoms with van der Waals surface area (Å²) in [5.74, 6) is -2.37. The molecular weight excluding hydrogens is 770 g/mol. The lowest BCUT2D eigenvalue weighted by Gasteiger charge is -2.33. The zero-order chi connectivity index (χ0) is 42.2. The average molecular weight is 828 g/mol. The minimum Gasteiger partial charge on any atom is -0.491 e. The summed E-state index contributed by atoms with van der Waals surface area (Å²) in [5.41, 5.74) is -2.45. The van der Waals surface area contributed by atoms with Gasteiger partial charge < -0.3 is 29.7 Å². The molecule has 2 heterocycles. The number of hydrogen-bond donors (Lipinski definition) is 3. The third kappa shape index (κ3) is 10.2. The van der Waals surface area contributed by atoms with Crippen LogP contribution in [-0.4, -0.2) is 89.8 Å². The molecule has 0 bridgehead atoms. The lowest BCUT2D eigenvalue weighted by Crippen LogP contribution is -2.59. The molecule has 7 atom stereocenters. The Bertz CT molecular complexity index is 2020. The van der Waals surface area contributed by atoms with Crippen LogP contribution in [0.2, 0.25) is 0 Å². The fourth-order valence-corrected chi connectivity index (χ4v) is 9.22. The molecule has 1 aromatic carbocycles. The van der Waals surface area contributed by atoms with Gasteiger partial charge in [0.05, 0.1) is 30.0 Å². The standard InChI is InChI=1S/C42H58FN5O9S/c1-8-10-24(3)17-25(4)35(45-40(52)57-41(5,6)7)38(50)48-22-29(56-37-32-18-28(43)13-16-31(32)34(21-44-37)55-23-26-11-12-26)19-33(48)36(49)46-42(20-27(42)9-2)39(51)47-58(53,54)30-14-15-30/h9,13,16,18,21,24-27,29-30,33,35H,2,8,10-12,14-15,17,19-20,22-23H2,1,3-7H3,(H,45,52)(H,46,49)(H,47,51)/t24-,25-,27-,29-,33+,35+,42-/m1/s1. The van der Waals surface area contributed by atoms with Crippen molar-refractivity contribution in [3.05, 3.63) is 42.9 Å². The van der Waals surface area contributed by atoms with E-state index in [1.807, 2.05) is 6.92 Å². The summed E-state index contributed by atoms with van der Waals surface area (Å²) in [7, 11) is -3.94. The summed E-state index contributed by atoms with van der Waals surface area (Å²) in [4.78, 5) is 62.0. The van der Waals surface area contributed by atoms with Gasteiger partial charge in [-0.05, 0) is 95.2 Å². The second-order valence-corrected chi connectivity index (χ2v) is 19.7. The summed E-state index contributed by atoms with van der Waals surface area (Å²) >= 11 is 0.